The Kier molecular flexibility index (Phi) is 5.38. The minimum absolute atomic E-state index is 0.0473. The van der Waals surface area contributed by atoms with Crippen molar-refractivity contribution in [1.29, 1.82) is 0 Å². The maximum atomic E-state index is 13.1. The van der Waals surface area contributed by atoms with Crippen LogP contribution in [0.4, 0.5) is 11.4 Å². The Labute approximate surface area is 182 Å². The Bertz CT molecular complexity index is 1260. The summed E-state index contributed by atoms with van der Waals surface area (Å²) in [6.45, 7) is 0. The van der Waals surface area contributed by atoms with Crippen LogP contribution in [0.1, 0.15) is 17.2 Å². The second-order valence-electron chi connectivity index (χ2n) is 6.93. The Hall–Kier alpha value is -4.53. The van der Waals surface area contributed by atoms with Crippen LogP contribution in [0.3, 0.4) is 0 Å². The predicted molar refractivity (Wildman–Crippen MR) is 115 cm³/mol. The van der Waals surface area contributed by atoms with E-state index < -0.39 is 28.4 Å². The van der Waals surface area contributed by atoms with Gasteiger partial charge in [0.15, 0.2) is 0 Å². The summed E-state index contributed by atoms with van der Waals surface area (Å²) >= 11 is 0. The largest absolute Gasteiger partial charge is 0.507 e. The van der Waals surface area contributed by atoms with Gasteiger partial charge in [0.2, 0.25) is 0 Å². The van der Waals surface area contributed by atoms with E-state index in [0.29, 0.717) is 17.0 Å². The van der Waals surface area contributed by atoms with Crippen LogP contribution in [-0.2, 0) is 9.59 Å². The number of para-hydroxylation sites is 2. The van der Waals surface area contributed by atoms with Crippen LogP contribution in [0, 0.1) is 10.1 Å². The second kappa shape index (κ2) is 8.31. The van der Waals surface area contributed by atoms with E-state index in [4.69, 9.17) is 4.74 Å². The summed E-state index contributed by atoms with van der Waals surface area (Å²) < 4.78 is 5.37. The molecule has 160 valence electrons. The third kappa shape index (κ3) is 3.45. The van der Waals surface area contributed by atoms with Crippen LogP contribution >= 0.6 is 0 Å². The summed E-state index contributed by atoms with van der Waals surface area (Å²) in [6, 6.07) is 14.2. The molecule has 1 aliphatic rings. The Morgan fingerprint density at radius 3 is 2.59 bits per heavy atom. The minimum Gasteiger partial charge on any atom is -0.507 e. The van der Waals surface area contributed by atoms with Crippen LogP contribution in [0.5, 0.6) is 5.75 Å². The first-order valence-electron chi connectivity index (χ1n) is 9.52. The molecule has 1 unspecified atom stereocenters. The van der Waals surface area contributed by atoms with Gasteiger partial charge in [0.05, 0.1) is 29.3 Å². The molecular weight excluding hydrogens is 414 g/mol. The number of carbonyl (C=O) groups excluding carboxylic acids is 2. The molecule has 1 atom stereocenters. The first-order valence-corrected chi connectivity index (χ1v) is 9.52. The van der Waals surface area contributed by atoms with E-state index in [-0.39, 0.29) is 16.8 Å². The number of benzene rings is 2. The van der Waals surface area contributed by atoms with E-state index >= 15 is 0 Å². The molecule has 1 fully saturated rings. The van der Waals surface area contributed by atoms with Crippen molar-refractivity contribution in [3.63, 3.8) is 0 Å². The number of methoxy groups -OCH3 is 1. The van der Waals surface area contributed by atoms with Gasteiger partial charge in [-0.05, 0) is 23.8 Å². The highest BCUT2D eigenvalue weighted by Gasteiger charge is 2.47. The lowest BCUT2D eigenvalue weighted by Gasteiger charge is -2.26. The Morgan fingerprint density at radius 1 is 1.12 bits per heavy atom. The lowest BCUT2D eigenvalue weighted by atomic mass is 9.96. The summed E-state index contributed by atoms with van der Waals surface area (Å²) in [4.78, 5) is 42.1. The number of non-ortho nitro benzene ring substituents is 1. The number of rotatable bonds is 5. The van der Waals surface area contributed by atoms with Crippen molar-refractivity contribution < 1.29 is 24.4 Å². The smallest absolute Gasteiger partial charge is 0.300 e. The maximum absolute atomic E-state index is 13.1. The number of nitro groups is 1. The highest BCUT2D eigenvalue weighted by atomic mass is 16.6. The van der Waals surface area contributed by atoms with Gasteiger partial charge in [-0.15, -0.1) is 0 Å². The average molecular weight is 431 g/mol. The van der Waals surface area contributed by atoms with Gasteiger partial charge in [-0.2, -0.15) is 0 Å². The molecule has 9 nitrogen and oxygen atoms in total. The number of ketones is 1. The quantitative estimate of drug-likeness (QED) is 0.215. The molecule has 0 radical (unpaired) electrons. The van der Waals surface area contributed by atoms with Crippen LogP contribution < -0.4 is 9.64 Å². The number of aromatic nitrogens is 1. The average Bonchev–Trinajstić information content (AvgIpc) is 3.09. The molecule has 4 rings (SSSR count). The summed E-state index contributed by atoms with van der Waals surface area (Å²) in [5.74, 6) is -1.94. The van der Waals surface area contributed by atoms with Gasteiger partial charge in [-0.3, -0.25) is 29.6 Å². The summed E-state index contributed by atoms with van der Waals surface area (Å²) in [6.07, 6.45) is 3.03. The molecule has 0 bridgehead atoms. The Morgan fingerprint density at radius 2 is 1.91 bits per heavy atom. The summed E-state index contributed by atoms with van der Waals surface area (Å²) in [7, 11) is 1.44. The number of hydrogen-bond acceptors (Lipinski definition) is 7. The molecule has 2 heterocycles. The molecule has 0 aliphatic carbocycles. The number of nitro benzene ring substituents is 1. The molecule has 0 spiro atoms. The molecule has 3 aromatic rings. The number of ether oxygens (including phenoxy) is 1. The molecule has 1 N–H and O–H groups in total. The predicted octanol–water partition coefficient (Wildman–Crippen LogP) is 3.62. The second-order valence-corrected chi connectivity index (χ2v) is 6.93. The number of Topliss-reactive ketones (excluding diaryl/α,β-unsaturated/α-hetero) is 1. The first-order chi connectivity index (χ1) is 15.4. The molecule has 1 aromatic heterocycles. The summed E-state index contributed by atoms with van der Waals surface area (Å²) in [5, 5.41) is 22.2. The van der Waals surface area contributed by atoms with E-state index in [1.165, 1.54) is 36.4 Å². The zero-order valence-electron chi connectivity index (χ0n) is 16.8. The van der Waals surface area contributed by atoms with Crippen molar-refractivity contribution in [2.45, 2.75) is 6.04 Å². The number of aliphatic hydroxyl groups excluding tert-OH is 1. The molecular formula is C23H17N3O6. The standard InChI is InChI=1S/C23H17N3O6/c1-32-18-10-3-2-9-17(18)25-20(15-7-5-11-24-13-15)19(22(28)23(25)29)21(27)14-6-4-8-16(12-14)26(30)31/h2-13,20,27H,1H3/b21-19-. The molecule has 1 aliphatic heterocycles. The molecule has 2 aromatic carbocycles. The monoisotopic (exact) mass is 431 g/mol. The first kappa shape index (κ1) is 20.7. The highest BCUT2D eigenvalue weighted by Crippen LogP contribution is 2.44. The number of amides is 1. The number of aliphatic hydroxyl groups is 1. The topological polar surface area (TPSA) is 123 Å². The van der Waals surface area contributed by atoms with Gasteiger partial charge in [0, 0.05) is 30.1 Å². The summed E-state index contributed by atoms with van der Waals surface area (Å²) in [5.41, 5.74) is 0.403. The van der Waals surface area contributed by atoms with Crippen molar-refractivity contribution >= 4 is 28.8 Å². The van der Waals surface area contributed by atoms with Crippen LogP contribution in [0.25, 0.3) is 5.76 Å². The minimum atomic E-state index is -1.01. The van der Waals surface area contributed by atoms with E-state index in [2.05, 4.69) is 4.98 Å². The number of anilines is 1. The fourth-order valence-corrected chi connectivity index (χ4v) is 3.69. The van der Waals surface area contributed by atoms with Gasteiger partial charge in [-0.1, -0.05) is 30.3 Å². The zero-order valence-corrected chi connectivity index (χ0v) is 16.8. The van der Waals surface area contributed by atoms with E-state index in [1.807, 2.05) is 0 Å². The highest BCUT2D eigenvalue weighted by molar-refractivity contribution is 6.51. The van der Waals surface area contributed by atoms with Crippen molar-refractivity contribution in [2.24, 2.45) is 0 Å². The van der Waals surface area contributed by atoms with E-state index in [9.17, 15) is 24.8 Å². The lowest BCUT2D eigenvalue weighted by Crippen LogP contribution is -2.29. The van der Waals surface area contributed by atoms with Gasteiger partial charge in [0.25, 0.3) is 17.4 Å². The van der Waals surface area contributed by atoms with Crippen molar-refractivity contribution in [3.8, 4) is 5.75 Å². The number of hydrogen-bond donors (Lipinski definition) is 1. The van der Waals surface area contributed by atoms with Gasteiger partial charge in [0.1, 0.15) is 11.5 Å². The maximum Gasteiger partial charge on any atom is 0.300 e. The fourth-order valence-electron chi connectivity index (χ4n) is 3.69. The fraction of sp³-hybridized carbons (Fsp3) is 0.0870. The third-order valence-corrected chi connectivity index (χ3v) is 5.12. The molecule has 9 heteroatoms. The molecule has 0 saturated carbocycles. The Balaban J connectivity index is 1.97. The van der Waals surface area contributed by atoms with Crippen LogP contribution in [-0.4, -0.2) is 33.8 Å². The van der Waals surface area contributed by atoms with Crippen LogP contribution in [0.2, 0.25) is 0 Å². The molecule has 1 amide bonds. The van der Waals surface area contributed by atoms with E-state index in [1.54, 1.807) is 42.6 Å². The third-order valence-electron chi connectivity index (χ3n) is 5.12. The lowest BCUT2D eigenvalue weighted by molar-refractivity contribution is -0.384. The van der Waals surface area contributed by atoms with Crippen molar-refractivity contribution in [1.82, 2.24) is 4.98 Å². The van der Waals surface area contributed by atoms with E-state index in [0.717, 1.165) is 6.07 Å². The number of carbonyl (C=O) groups is 2. The van der Waals surface area contributed by atoms with Gasteiger partial charge >= 0.3 is 0 Å². The van der Waals surface area contributed by atoms with Gasteiger partial charge in [-0.25, -0.2) is 0 Å². The number of nitrogens with zero attached hydrogens (tertiary/aromatic N) is 3. The van der Waals surface area contributed by atoms with Crippen molar-refractivity contribution in [3.05, 3.63) is 99.9 Å². The number of pyridine rings is 1. The van der Waals surface area contributed by atoms with Crippen molar-refractivity contribution in [2.75, 3.05) is 12.0 Å². The normalized spacial score (nSPS) is 17.4. The van der Waals surface area contributed by atoms with Gasteiger partial charge < -0.3 is 9.84 Å². The molecule has 32 heavy (non-hydrogen) atoms. The zero-order chi connectivity index (χ0) is 22.8. The molecule has 1 saturated heterocycles. The van der Waals surface area contributed by atoms with Crippen LogP contribution in [0.15, 0.2) is 78.6 Å². The SMILES string of the molecule is COc1ccccc1N1C(=O)C(=O)/C(=C(\O)c2cccc([N+](=O)[O-])c2)C1c1cccnc1.